The lowest BCUT2D eigenvalue weighted by Gasteiger charge is -2.39. The topological polar surface area (TPSA) is 123 Å². The summed E-state index contributed by atoms with van der Waals surface area (Å²) in [5.41, 5.74) is -0.277. The number of nitrogens with zero attached hydrogens (tertiary/aromatic N) is 2. The zero-order chi connectivity index (χ0) is 33.7. The molecule has 0 radical (unpaired) electrons. The van der Waals surface area contributed by atoms with Crippen molar-refractivity contribution in [2.75, 3.05) is 31.3 Å². The Labute approximate surface area is 301 Å². The summed E-state index contributed by atoms with van der Waals surface area (Å²) in [7, 11) is -3.31. The molecule has 0 spiro atoms. The second-order valence-corrected chi connectivity index (χ2v) is 15.0. The zero-order valence-corrected chi connectivity index (χ0v) is 32.1. The van der Waals surface area contributed by atoms with E-state index in [4.69, 9.17) is 9.47 Å². The molecule has 0 unspecified atom stereocenters. The number of aryl methyl sites for hydroxylation is 1. The van der Waals surface area contributed by atoms with Crippen LogP contribution in [0.2, 0.25) is 0 Å². The molecular weight excluding hydrogens is 733 g/mol. The van der Waals surface area contributed by atoms with Crippen LogP contribution >= 0.6 is 0 Å². The third-order valence-corrected chi connectivity index (χ3v) is 10.8. The van der Waals surface area contributed by atoms with Crippen LogP contribution in [0, 0.1) is 5.41 Å². The highest BCUT2D eigenvalue weighted by atomic mass is 127. The summed E-state index contributed by atoms with van der Waals surface area (Å²) >= 11 is 0. The molecule has 1 fully saturated rings. The largest absolute Gasteiger partial charge is 1.00 e. The average Bonchev–Trinajstić information content (AvgIpc) is 3.02. The standard InChI is InChI=1S/C35H59N3O7S.HI/c1-4-6-7-8-9-10-11-12-13-14-15-16-17-18-19-21-24-36-33(40)44-27-35(29-46(42,43)30-35)28-45-34(41)38(31(3)39)26-32-23-20-22-25-37(32)5-2;/h20,22-23,25H,4-19,21,24,26-30H2,1-3H3;1H. The van der Waals surface area contributed by atoms with Gasteiger partial charge in [-0.2, -0.15) is 0 Å². The van der Waals surface area contributed by atoms with Crippen molar-refractivity contribution in [3.63, 3.8) is 0 Å². The molecule has 0 aromatic carbocycles. The first-order valence-electron chi connectivity index (χ1n) is 17.6. The maximum absolute atomic E-state index is 12.9. The Kier molecular flexibility index (Phi) is 22.2. The van der Waals surface area contributed by atoms with Gasteiger partial charge in [0.05, 0.1) is 16.9 Å². The Bertz CT molecular complexity index is 1150. The average molecular weight is 794 g/mol. The number of aromatic nitrogens is 1. The maximum atomic E-state index is 12.9. The first-order chi connectivity index (χ1) is 22.1. The summed E-state index contributed by atoms with van der Waals surface area (Å²) in [6, 6.07) is 5.50. The summed E-state index contributed by atoms with van der Waals surface area (Å²) in [5.74, 6) is -1.00. The molecular formula is C35H60IN3O7S. The van der Waals surface area contributed by atoms with Crippen LogP contribution in [0.3, 0.4) is 0 Å². The fourth-order valence-electron chi connectivity index (χ4n) is 5.96. The van der Waals surface area contributed by atoms with Crippen LogP contribution in [-0.2, 0) is 37.2 Å². The molecule has 1 aromatic heterocycles. The summed E-state index contributed by atoms with van der Waals surface area (Å²) < 4.78 is 36.7. The number of hydrogen-bond donors (Lipinski definition) is 1. The van der Waals surface area contributed by atoms with E-state index in [1.54, 1.807) is 0 Å². The van der Waals surface area contributed by atoms with Gasteiger partial charge in [0.2, 0.25) is 11.6 Å². The lowest BCUT2D eigenvalue weighted by atomic mass is 9.94. The van der Waals surface area contributed by atoms with Crippen molar-refractivity contribution in [1.29, 1.82) is 0 Å². The molecule has 0 bridgehead atoms. The number of hydrogen-bond acceptors (Lipinski definition) is 7. The highest BCUT2D eigenvalue weighted by molar-refractivity contribution is 7.92. The fourth-order valence-corrected chi connectivity index (χ4v) is 8.07. The van der Waals surface area contributed by atoms with E-state index >= 15 is 0 Å². The highest BCUT2D eigenvalue weighted by Crippen LogP contribution is 2.34. The minimum atomic E-state index is -3.31. The van der Waals surface area contributed by atoms with Gasteiger partial charge in [0.25, 0.3) is 0 Å². The van der Waals surface area contributed by atoms with Gasteiger partial charge in [0, 0.05) is 25.6 Å². The van der Waals surface area contributed by atoms with Gasteiger partial charge in [-0.25, -0.2) is 27.5 Å². The molecule has 1 aromatic rings. The second kappa shape index (κ2) is 24.2. The quantitative estimate of drug-likeness (QED) is 0.0959. The molecule has 0 saturated carbocycles. The Morgan fingerprint density at radius 3 is 1.81 bits per heavy atom. The molecule has 1 aliphatic heterocycles. The number of pyridine rings is 1. The van der Waals surface area contributed by atoms with E-state index in [0.717, 1.165) is 29.9 Å². The Hall–Kier alpha value is -1.96. The zero-order valence-electron chi connectivity index (χ0n) is 29.1. The van der Waals surface area contributed by atoms with Crippen molar-refractivity contribution in [1.82, 2.24) is 10.2 Å². The van der Waals surface area contributed by atoms with Crippen LogP contribution in [-0.4, -0.2) is 62.7 Å². The van der Waals surface area contributed by atoms with Gasteiger partial charge in [0.1, 0.15) is 26.3 Å². The number of carbonyl (C=O) groups excluding carboxylic acids is 3. The third-order valence-electron chi connectivity index (χ3n) is 8.66. The van der Waals surface area contributed by atoms with Crippen LogP contribution in [0.5, 0.6) is 0 Å². The summed E-state index contributed by atoms with van der Waals surface area (Å²) in [5, 5.41) is 2.74. The van der Waals surface area contributed by atoms with Gasteiger partial charge >= 0.3 is 12.2 Å². The Morgan fingerprint density at radius 1 is 0.809 bits per heavy atom. The first kappa shape index (κ1) is 43.1. The molecule has 3 amide bonds. The van der Waals surface area contributed by atoms with Crippen LogP contribution in [0.1, 0.15) is 129 Å². The van der Waals surface area contributed by atoms with Crippen LogP contribution in [0.25, 0.3) is 0 Å². The van der Waals surface area contributed by atoms with E-state index < -0.39 is 33.3 Å². The second-order valence-electron chi connectivity index (χ2n) is 13.0. The van der Waals surface area contributed by atoms with Crippen LogP contribution in [0.15, 0.2) is 24.4 Å². The number of unbranched alkanes of at least 4 members (excludes halogenated alkanes) is 15. The SMILES string of the molecule is CCCCCCCCCCCCCCCCCCNC(=O)OCC1(COC(=O)N(Cc2cccc[n+]2CC)C(C)=O)CS(=O)(=O)C1.[I-]. The summed E-state index contributed by atoms with van der Waals surface area (Å²) in [6.45, 7) is 6.19. The van der Waals surface area contributed by atoms with Gasteiger partial charge in [-0.05, 0) is 13.3 Å². The summed E-state index contributed by atoms with van der Waals surface area (Å²) in [4.78, 5) is 38.4. The third kappa shape index (κ3) is 17.8. The monoisotopic (exact) mass is 793 g/mol. The number of halogens is 1. The lowest BCUT2D eigenvalue weighted by Crippen LogP contribution is -3.00. The van der Waals surface area contributed by atoms with Gasteiger partial charge in [-0.1, -0.05) is 109 Å². The van der Waals surface area contributed by atoms with Crippen molar-refractivity contribution in [2.24, 2.45) is 5.41 Å². The molecule has 0 atom stereocenters. The molecule has 0 aliphatic carbocycles. The Morgan fingerprint density at radius 2 is 1.32 bits per heavy atom. The number of sulfone groups is 1. The molecule has 12 heteroatoms. The van der Waals surface area contributed by atoms with Crippen LogP contribution < -0.4 is 33.9 Å². The van der Waals surface area contributed by atoms with E-state index in [1.807, 2.05) is 35.9 Å². The van der Waals surface area contributed by atoms with Gasteiger partial charge < -0.3 is 38.8 Å². The van der Waals surface area contributed by atoms with Crippen molar-refractivity contribution < 1.29 is 60.8 Å². The van der Waals surface area contributed by atoms with Gasteiger partial charge in [0.15, 0.2) is 16.0 Å². The first-order valence-corrected chi connectivity index (χ1v) is 19.5. The van der Waals surface area contributed by atoms with Gasteiger partial charge in [-0.3, -0.25) is 4.79 Å². The predicted molar refractivity (Wildman–Crippen MR) is 180 cm³/mol. The van der Waals surface area contributed by atoms with E-state index in [-0.39, 0.29) is 55.2 Å². The van der Waals surface area contributed by atoms with Crippen molar-refractivity contribution >= 4 is 27.9 Å². The minimum absolute atomic E-state index is 0. The molecule has 2 heterocycles. The number of imide groups is 1. The molecule has 2 rings (SSSR count). The maximum Gasteiger partial charge on any atom is 0.417 e. The molecule has 270 valence electrons. The number of nitrogens with one attached hydrogen (secondary N) is 1. The number of amides is 3. The number of rotatable bonds is 24. The number of alkyl carbamates (subject to hydrolysis) is 1. The molecule has 1 N–H and O–H groups in total. The smallest absolute Gasteiger partial charge is 0.417 e. The van der Waals surface area contributed by atoms with E-state index in [9.17, 15) is 22.8 Å². The predicted octanol–water partition coefficient (Wildman–Crippen LogP) is 3.89. The van der Waals surface area contributed by atoms with Crippen molar-refractivity contribution in [3.05, 3.63) is 30.1 Å². The number of carbonyl (C=O) groups is 3. The van der Waals surface area contributed by atoms with E-state index in [0.29, 0.717) is 13.1 Å². The molecule has 1 aliphatic rings. The van der Waals surface area contributed by atoms with Gasteiger partial charge in [-0.15, -0.1) is 0 Å². The fraction of sp³-hybridized carbons (Fsp3) is 0.771. The summed E-state index contributed by atoms with van der Waals surface area (Å²) in [6.07, 6.45) is 20.9. The number of ether oxygens (including phenoxy) is 2. The van der Waals surface area contributed by atoms with Crippen LogP contribution in [0.4, 0.5) is 9.59 Å². The van der Waals surface area contributed by atoms with E-state index in [1.165, 1.54) is 90.4 Å². The Balaban J connectivity index is 0.0000110. The highest BCUT2D eigenvalue weighted by Gasteiger charge is 2.51. The van der Waals surface area contributed by atoms with Crippen molar-refractivity contribution in [2.45, 2.75) is 137 Å². The lowest BCUT2D eigenvalue weighted by molar-refractivity contribution is -0.701. The van der Waals surface area contributed by atoms with Crippen molar-refractivity contribution in [3.8, 4) is 0 Å². The molecule has 1 saturated heterocycles. The molecule has 10 nitrogen and oxygen atoms in total. The molecule has 47 heavy (non-hydrogen) atoms. The minimum Gasteiger partial charge on any atom is -1.00 e. The van der Waals surface area contributed by atoms with E-state index in [2.05, 4.69) is 12.2 Å². The normalized spacial score (nSPS) is 14.4.